The van der Waals surface area contributed by atoms with Gasteiger partial charge in [-0.2, -0.15) is 4.31 Å². The lowest BCUT2D eigenvalue weighted by Gasteiger charge is -2.31. The second kappa shape index (κ2) is 8.42. The predicted octanol–water partition coefficient (Wildman–Crippen LogP) is 3.62. The summed E-state index contributed by atoms with van der Waals surface area (Å²) in [5, 5.41) is 2.62. The van der Waals surface area contributed by atoms with E-state index in [4.69, 9.17) is 0 Å². The molecule has 0 saturated carbocycles. The van der Waals surface area contributed by atoms with Crippen LogP contribution < -0.4 is 10.1 Å². The number of ether oxygens (including phenoxy) is 1. The second-order valence-corrected chi connectivity index (χ2v) is 8.51. The van der Waals surface area contributed by atoms with Gasteiger partial charge in [-0.25, -0.2) is 8.42 Å². The van der Waals surface area contributed by atoms with E-state index < -0.39 is 28.1 Å². The van der Waals surface area contributed by atoms with E-state index in [2.05, 4.69) is 10.1 Å². The highest BCUT2D eigenvalue weighted by Crippen LogP contribution is 2.26. The fourth-order valence-electron chi connectivity index (χ4n) is 3.10. The predicted molar refractivity (Wildman–Crippen MR) is 99.7 cm³/mol. The molecule has 1 aliphatic heterocycles. The number of benzene rings is 2. The number of anilines is 1. The molecule has 156 valence electrons. The summed E-state index contributed by atoms with van der Waals surface area (Å²) in [5.74, 6) is -1.34. The van der Waals surface area contributed by atoms with Crippen molar-refractivity contribution in [3.05, 3.63) is 54.6 Å². The maximum Gasteiger partial charge on any atom is 0.573 e. The number of carbonyl (C=O) groups is 1. The van der Waals surface area contributed by atoms with Crippen molar-refractivity contribution < 1.29 is 31.1 Å². The summed E-state index contributed by atoms with van der Waals surface area (Å²) >= 11 is 0. The molecule has 1 fully saturated rings. The molecule has 0 radical (unpaired) electrons. The Labute approximate surface area is 166 Å². The third-order valence-corrected chi connectivity index (χ3v) is 6.37. The van der Waals surface area contributed by atoms with E-state index in [9.17, 15) is 26.4 Å². The lowest BCUT2D eigenvalue weighted by molar-refractivity contribution is -0.274. The Balaban J connectivity index is 1.64. The Morgan fingerprint density at radius 3 is 2.34 bits per heavy atom. The number of hydrogen-bond donors (Lipinski definition) is 1. The Morgan fingerprint density at radius 1 is 1.07 bits per heavy atom. The number of carbonyl (C=O) groups excluding carboxylic acids is 1. The minimum atomic E-state index is -4.79. The highest BCUT2D eigenvalue weighted by molar-refractivity contribution is 7.89. The minimum absolute atomic E-state index is 0.0400. The molecule has 1 N–H and O–H groups in total. The smallest absolute Gasteiger partial charge is 0.406 e. The summed E-state index contributed by atoms with van der Waals surface area (Å²) in [7, 11) is -3.69. The van der Waals surface area contributed by atoms with Gasteiger partial charge in [-0.3, -0.25) is 4.79 Å². The number of piperidine rings is 1. The first-order valence-electron chi connectivity index (χ1n) is 8.87. The molecule has 1 unspecified atom stereocenters. The van der Waals surface area contributed by atoms with E-state index >= 15 is 0 Å². The summed E-state index contributed by atoms with van der Waals surface area (Å²) in [6.07, 6.45) is -3.75. The van der Waals surface area contributed by atoms with Crippen LogP contribution in [-0.4, -0.2) is 38.1 Å². The first-order chi connectivity index (χ1) is 13.6. The largest absolute Gasteiger partial charge is 0.573 e. The highest BCUT2D eigenvalue weighted by Gasteiger charge is 2.33. The molecule has 0 aromatic heterocycles. The average molecular weight is 428 g/mol. The monoisotopic (exact) mass is 428 g/mol. The zero-order chi connectivity index (χ0) is 21.1. The van der Waals surface area contributed by atoms with Crippen LogP contribution >= 0.6 is 0 Å². The van der Waals surface area contributed by atoms with Gasteiger partial charge in [0.15, 0.2) is 0 Å². The molecular formula is C19H19F3N2O4S. The number of amides is 1. The molecule has 29 heavy (non-hydrogen) atoms. The van der Waals surface area contributed by atoms with E-state index in [1.807, 2.05) is 0 Å². The molecule has 1 saturated heterocycles. The molecule has 1 aliphatic rings. The van der Waals surface area contributed by atoms with Gasteiger partial charge in [-0.05, 0) is 49.2 Å². The Bertz CT molecular complexity index is 948. The maximum atomic E-state index is 12.8. The number of nitrogens with zero attached hydrogens (tertiary/aromatic N) is 1. The topological polar surface area (TPSA) is 75.7 Å². The summed E-state index contributed by atoms with van der Waals surface area (Å²) < 4.78 is 67.2. The molecule has 3 rings (SSSR count). The van der Waals surface area contributed by atoms with Crippen LogP contribution in [0.4, 0.5) is 18.9 Å². The lowest BCUT2D eigenvalue weighted by Crippen LogP contribution is -2.43. The van der Waals surface area contributed by atoms with Crippen molar-refractivity contribution in [2.24, 2.45) is 5.92 Å². The highest BCUT2D eigenvalue weighted by atomic mass is 32.2. The van der Waals surface area contributed by atoms with Crippen molar-refractivity contribution >= 4 is 21.6 Å². The van der Waals surface area contributed by atoms with Gasteiger partial charge < -0.3 is 10.1 Å². The first kappa shape index (κ1) is 21.1. The van der Waals surface area contributed by atoms with Crippen molar-refractivity contribution in [1.29, 1.82) is 0 Å². The third kappa shape index (κ3) is 5.48. The third-order valence-electron chi connectivity index (χ3n) is 4.49. The molecule has 10 heteroatoms. The van der Waals surface area contributed by atoms with Gasteiger partial charge in [-0.15, -0.1) is 13.2 Å². The van der Waals surface area contributed by atoms with Crippen LogP contribution in [0.25, 0.3) is 0 Å². The molecule has 1 atom stereocenters. The van der Waals surface area contributed by atoms with Crippen LogP contribution in [0.3, 0.4) is 0 Å². The average Bonchev–Trinajstić information content (AvgIpc) is 2.69. The molecule has 0 aliphatic carbocycles. The van der Waals surface area contributed by atoms with Crippen molar-refractivity contribution in [1.82, 2.24) is 4.31 Å². The van der Waals surface area contributed by atoms with Crippen LogP contribution in [0.15, 0.2) is 59.5 Å². The standard InChI is InChI=1S/C19H19F3N2O4S/c20-19(21,22)28-16-10-8-15(9-11-16)23-18(25)14-5-4-12-24(13-14)29(26,27)17-6-2-1-3-7-17/h1-3,6-11,14H,4-5,12-13H2,(H,23,25). The fraction of sp³-hybridized carbons (Fsp3) is 0.316. The molecule has 2 aromatic rings. The van der Waals surface area contributed by atoms with E-state index in [1.165, 1.54) is 28.6 Å². The Kier molecular flexibility index (Phi) is 6.13. The van der Waals surface area contributed by atoms with Crippen molar-refractivity contribution in [2.75, 3.05) is 18.4 Å². The Morgan fingerprint density at radius 2 is 1.72 bits per heavy atom. The maximum absolute atomic E-state index is 12.8. The van der Waals surface area contributed by atoms with Crippen LogP contribution in [0.2, 0.25) is 0 Å². The lowest BCUT2D eigenvalue weighted by atomic mass is 9.99. The van der Waals surface area contributed by atoms with E-state index in [1.54, 1.807) is 18.2 Å². The summed E-state index contributed by atoms with van der Waals surface area (Å²) in [4.78, 5) is 12.7. The van der Waals surface area contributed by atoms with Crippen LogP contribution in [0, 0.1) is 5.92 Å². The number of halogens is 3. The number of rotatable bonds is 5. The van der Waals surface area contributed by atoms with Crippen LogP contribution in [0.1, 0.15) is 12.8 Å². The van der Waals surface area contributed by atoms with Crippen molar-refractivity contribution in [3.8, 4) is 5.75 Å². The molecule has 1 amide bonds. The van der Waals surface area contributed by atoms with Gasteiger partial charge in [0.05, 0.1) is 10.8 Å². The molecule has 2 aromatic carbocycles. The van der Waals surface area contributed by atoms with Crippen LogP contribution in [0.5, 0.6) is 5.75 Å². The first-order valence-corrected chi connectivity index (χ1v) is 10.3. The fourth-order valence-corrected chi connectivity index (χ4v) is 4.65. The van der Waals surface area contributed by atoms with Crippen LogP contribution in [-0.2, 0) is 14.8 Å². The van der Waals surface area contributed by atoms with E-state index in [0.29, 0.717) is 25.1 Å². The van der Waals surface area contributed by atoms with E-state index in [0.717, 1.165) is 12.1 Å². The second-order valence-electron chi connectivity index (χ2n) is 6.58. The number of alkyl halides is 3. The normalized spacial score (nSPS) is 18.2. The van der Waals surface area contributed by atoms with Gasteiger partial charge in [-0.1, -0.05) is 18.2 Å². The number of nitrogens with one attached hydrogen (secondary N) is 1. The van der Waals surface area contributed by atoms with Gasteiger partial charge in [0.1, 0.15) is 5.75 Å². The molecule has 6 nitrogen and oxygen atoms in total. The van der Waals surface area contributed by atoms with E-state index in [-0.39, 0.29) is 17.3 Å². The summed E-state index contributed by atoms with van der Waals surface area (Å²) in [5.41, 5.74) is 0.299. The van der Waals surface area contributed by atoms with Crippen molar-refractivity contribution in [2.45, 2.75) is 24.1 Å². The number of sulfonamides is 1. The Hall–Kier alpha value is -2.59. The zero-order valence-corrected chi connectivity index (χ0v) is 16.0. The quantitative estimate of drug-likeness (QED) is 0.789. The van der Waals surface area contributed by atoms with Gasteiger partial charge in [0.25, 0.3) is 0 Å². The number of hydrogen-bond acceptors (Lipinski definition) is 4. The zero-order valence-electron chi connectivity index (χ0n) is 15.2. The minimum Gasteiger partial charge on any atom is -0.406 e. The SMILES string of the molecule is O=C(Nc1ccc(OC(F)(F)F)cc1)C1CCCN(S(=O)(=O)c2ccccc2)C1. The van der Waals surface area contributed by atoms with Gasteiger partial charge >= 0.3 is 6.36 Å². The van der Waals surface area contributed by atoms with Crippen molar-refractivity contribution in [3.63, 3.8) is 0 Å². The molecule has 0 spiro atoms. The molecule has 0 bridgehead atoms. The summed E-state index contributed by atoms with van der Waals surface area (Å²) in [6.45, 7) is 0.364. The van der Waals surface area contributed by atoms with Gasteiger partial charge in [0.2, 0.25) is 15.9 Å². The molecular weight excluding hydrogens is 409 g/mol. The molecule has 1 heterocycles. The van der Waals surface area contributed by atoms with Gasteiger partial charge in [0, 0.05) is 18.8 Å². The summed E-state index contributed by atoms with van der Waals surface area (Å²) in [6, 6.07) is 12.8.